The zero-order chi connectivity index (χ0) is 12.0. The molecule has 1 unspecified atom stereocenters. The molecule has 0 aliphatic carbocycles. The minimum Gasteiger partial charge on any atom is -0.385 e. The molecule has 0 fully saturated rings. The van der Waals surface area contributed by atoms with Crippen molar-refractivity contribution in [2.75, 3.05) is 20.3 Å². The molecule has 1 atom stereocenters. The number of nitrogens with two attached hydrogens (primary N) is 1. The summed E-state index contributed by atoms with van der Waals surface area (Å²) in [4.78, 5) is 4.66. The van der Waals surface area contributed by atoms with E-state index in [0.717, 1.165) is 25.1 Å². The van der Waals surface area contributed by atoms with Crippen molar-refractivity contribution in [3.8, 4) is 0 Å². The predicted octanol–water partition coefficient (Wildman–Crippen LogP) is 2.42. The first-order valence-corrected chi connectivity index (χ1v) is 6.70. The first-order valence-electron chi connectivity index (χ1n) is 5.82. The smallest absolute Gasteiger partial charge is 0.0929 e. The molecule has 0 amide bonds. The van der Waals surface area contributed by atoms with E-state index in [2.05, 4.69) is 24.2 Å². The number of rotatable bonds is 7. The Labute approximate surface area is 102 Å². The summed E-state index contributed by atoms with van der Waals surface area (Å²) in [5, 5.41) is 3.35. The molecule has 0 aromatic carbocycles. The minimum absolute atomic E-state index is 0.396. The van der Waals surface area contributed by atoms with E-state index in [9.17, 15) is 0 Å². The maximum atomic E-state index is 5.78. The van der Waals surface area contributed by atoms with Crippen LogP contribution in [0.1, 0.15) is 36.9 Å². The van der Waals surface area contributed by atoms with Gasteiger partial charge in [-0.2, -0.15) is 0 Å². The minimum atomic E-state index is 0.396. The topological polar surface area (TPSA) is 48.1 Å². The average Bonchev–Trinajstić information content (AvgIpc) is 2.67. The van der Waals surface area contributed by atoms with E-state index in [0.29, 0.717) is 18.4 Å². The fraction of sp³-hybridized carbons (Fsp3) is 0.750. The third-order valence-corrected chi connectivity index (χ3v) is 3.67. The lowest BCUT2D eigenvalue weighted by atomic mass is 9.93. The molecule has 3 nitrogen and oxygen atoms in total. The van der Waals surface area contributed by atoms with Crippen molar-refractivity contribution in [3.05, 3.63) is 16.1 Å². The highest BCUT2D eigenvalue weighted by molar-refractivity contribution is 7.09. The summed E-state index contributed by atoms with van der Waals surface area (Å²) >= 11 is 1.74. The van der Waals surface area contributed by atoms with Crippen LogP contribution in [0.4, 0.5) is 0 Å². The normalized spacial score (nSPS) is 13.3. The Morgan fingerprint density at radius 3 is 2.81 bits per heavy atom. The molecule has 0 aliphatic rings. The molecule has 1 rings (SSSR count). The Bertz CT molecular complexity index is 299. The van der Waals surface area contributed by atoms with Crippen LogP contribution in [0.15, 0.2) is 5.38 Å². The van der Waals surface area contributed by atoms with Gasteiger partial charge in [0.25, 0.3) is 0 Å². The monoisotopic (exact) mass is 242 g/mol. The van der Waals surface area contributed by atoms with Crippen molar-refractivity contribution in [1.82, 2.24) is 4.98 Å². The summed E-state index contributed by atoms with van der Waals surface area (Å²) in [5.41, 5.74) is 6.94. The third-order valence-electron chi connectivity index (χ3n) is 2.75. The quantitative estimate of drug-likeness (QED) is 0.747. The fourth-order valence-electron chi connectivity index (χ4n) is 1.71. The number of hydrogen-bond acceptors (Lipinski definition) is 4. The molecule has 1 aromatic heterocycles. The van der Waals surface area contributed by atoms with Crippen LogP contribution >= 0.6 is 11.3 Å². The molecule has 1 heterocycles. The highest BCUT2D eigenvalue weighted by Gasteiger charge is 2.16. The van der Waals surface area contributed by atoms with Gasteiger partial charge in [0, 0.05) is 38.0 Å². The predicted molar refractivity (Wildman–Crippen MR) is 68.9 cm³/mol. The molecule has 0 aliphatic heterocycles. The number of ether oxygens (including phenoxy) is 1. The number of aryl methyl sites for hydroxylation is 1. The molecule has 0 saturated carbocycles. The van der Waals surface area contributed by atoms with Gasteiger partial charge in [-0.25, -0.2) is 4.98 Å². The van der Waals surface area contributed by atoms with Gasteiger partial charge in [-0.05, 0) is 12.3 Å². The van der Waals surface area contributed by atoms with E-state index in [-0.39, 0.29) is 0 Å². The van der Waals surface area contributed by atoms with Crippen molar-refractivity contribution < 1.29 is 4.74 Å². The van der Waals surface area contributed by atoms with E-state index in [4.69, 9.17) is 10.5 Å². The summed E-state index contributed by atoms with van der Waals surface area (Å²) < 4.78 is 5.03. The van der Waals surface area contributed by atoms with Crippen LogP contribution in [0.5, 0.6) is 0 Å². The van der Waals surface area contributed by atoms with Crippen molar-refractivity contribution in [3.63, 3.8) is 0 Å². The molecule has 0 radical (unpaired) electrons. The van der Waals surface area contributed by atoms with Gasteiger partial charge in [-0.1, -0.05) is 13.8 Å². The SMILES string of the molecule is COCCCc1nc(C(CN)C(C)C)cs1. The standard InChI is InChI=1S/C12H22N2OS/c1-9(2)10(7-13)11-8-16-12(14-11)5-4-6-15-3/h8-10H,4-7,13H2,1-3H3. The second-order valence-corrected chi connectivity index (χ2v) is 5.29. The number of nitrogens with zero attached hydrogens (tertiary/aromatic N) is 1. The number of methoxy groups -OCH3 is 1. The van der Waals surface area contributed by atoms with Crippen LogP contribution in [0, 0.1) is 5.92 Å². The van der Waals surface area contributed by atoms with Gasteiger partial charge < -0.3 is 10.5 Å². The van der Waals surface area contributed by atoms with Crippen LogP contribution in [-0.2, 0) is 11.2 Å². The molecule has 4 heteroatoms. The zero-order valence-corrected chi connectivity index (χ0v) is 11.2. The lowest BCUT2D eigenvalue weighted by Crippen LogP contribution is -2.18. The van der Waals surface area contributed by atoms with Crippen molar-refractivity contribution in [2.24, 2.45) is 11.7 Å². The zero-order valence-electron chi connectivity index (χ0n) is 10.4. The lowest BCUT2D eigenvalue weighted by molar-refractivity contribution is 0.195. The Balaban J connectivity index is 2.55. The molecule has 0 saturated heterocycles. The molecule has 92 valence electrons. The van der Waals surface area contributed by atoms with E-state index in [1.54, 1.807) is 18.4 Å². The van der Waals surface area contributed by atoms with Gasteiger partial charge >= 0.3 is 0 Å². The van der Waals surface area contributed by atoms with Crippen molar-refractivity contribution >= 4 is 11.3 Å². The van der Waals surface area contributed by atoms with Crippen LogP contribution in [-0.4, -0.2) is 25.2 Å². The van der Waals surface area contributed by atoms with Crippen LogP contribution in [0.3, 0.4) is 0 Å². The van der Waals surface area contributed by atoms with Gasteiger partial charge in [0.15, 0.2) is 0 Å². The molecule has 16 heavy (non-hydrogen) atoms. The molecule has 2 N–H and O–H groups in total. The number of hydrogen-bond donors (Lipinski definition) is 1. The molecule has 0 spiro atoms. The Kier molecular flexibility index (Phi) is 5.95. The number of thiazole rings is 1. The Hall–Kier alpha value is -0.450. The molecular weight excluding hydrogens is 220 g/mol. The Morgan fingerprint density at radius 2 is 2.25 bits per heavy atom. The van der Waals surface area contributed by atoms with Gasteiger partial charge in [0.05, 0.1) is 10.7 Å². The molecule has 1 aromatic rings. The Morgan fingerprint density at radius 1 is 1.50 bits per heavy atom. The third kappa shape index (κ3) is 3.85. The average molecular weight is 242 g/mol. The van der Waals surface area contributed by atoms with Crippen LogP contribution < -0.4 is 5.73 Å². The second-order valence-electron chi connectivity index (χ2n) is 4.35. The molecule has 0 bridgehead atoms. The summed E-state index contributed by atoms with van der Waals surface area (Å²) in [6.45, 7) is 5.88. The van der Waals surface area contributed by atoms with Crippen molar-refractivity contribution in [2.45, 2.75) is 32.6 Å². The van der Waals surface area contributed by atoms with Gasteiger partial charge in [-0.3, -0.25) is 0 Å². The maximum Gasteiger partial charge on any atom is 0.0929 e. The first kappa shape index (κ1) is 13.6. The van der Waals surface area contributed by atoms with E-state index in [1.165, 1.54) is 5.01 Å². The van der Waals surface area contributed by atoms with E-state index in [1.807, 2.05) is 0 Å². The van der Waals surface area contributed by atoms with Gasteiger partial charge in [0.1, 0.15) is 0 Å². The fourth-order valence-corrected chi connectivity index (χ4v) is 2.62. The first-order chi connectivity index (χ1) is 7.69. The summed E-state index contributed by atoms with van der Waals surface area (Å²) in [6.07, 6.45) is 2.05. The largest absolute Gasteiger partial charge is 0.385 e. The summed E-state index contributed by atoms with van der Waals surface area (Å²) in [5.74, 6) is 0.950. The summed E-state index contributed by atoms with van der Waals surface area (Å²) in [6, 6.07) is 0. The highest BCUT2D eigenvalue weighted by atomic mass is 32.1. The van der Waals surface area contributed by atoms with Crippen LogP contribution in [0.2, 0.25) is 0 Å². The van der Waals surface area contributed by atoms with Crippen molar-refractivity contribution in [1.29, 1.82) is 0 Å². The van der Waals surface area contributed by atoms with E-state index < -0.39 is 0 Å². The summed E-state index contributed by atoms with van der Waals surface area (Å²) in [7, 11) is 1.73. The highest BCUT2D eigenvalue weighted by Crippen LogP contribution is 2.25. The van der Waals surface area contributed by atoms with E-state index >= 15 is 0 Å². The molecular formula is C12H22N2OS. The maximum absolute atomic E-state index is 5.78. The lowest BCUT2D eigenvalue weighted by Gasteiger charge is -2.15. The van der Waals surface area contributed by atoms with Crippen LogP contribution in [0.25, 0.3) is 0 Å². The van der Waals surface area contributed by atoms with Gasteiger partial charge in [-0.15, -0.1) is 11.3 Å². The second kappa shape index (κ2) is 6.99. The van der Waals surface area contributed by atoms with Gasteiger partial charge in [0.2, 0.25) is 0 Å². The number of aromatic nitrogens is 1.